The quantitative estimate of drug-likeness (QED) is 0.850. The van der Waals surface area contributed by atoms with E-state index in [1.165, 1.54) is 19.3 Å². The van der Waals surface area contributed by atoms with E-state index < -0.39 is 0 Å². The second kappa shape index (κ2) is 5.93. The van der Waals surface area contributed by atoms with Gasteiger partial charge in [0.15, 0.2) is 0 Å². The number of piperazine rings is 1. The molecule has 1 saturated carbocycles. The molecule has 0 aromatic rings. The maximum absolute atomic E-state index is 12.7. The Labute approximate surface area is 115 Å². The molecular formula is C15H26N2O2. The molecule has 2 fully saturated rings. The van der Waals surface area contributed by atoms with Gasteiger partial charge in [-0.3, -0.25) is 9.59 Å². The summed E-state index contributed by atoms with van der Waals surface area (Å²) in [5.41, 5.74) is 0. The lowest BCUT2D eigenvalue weighted by molar-refractivity contribution is -0.154. The van der Waals surface area contributed by atoms with Crippen LogP contribution in [0.15, 0.2) is 0 Å². The average Bonchev–Trinajstić information content (AvgIpc) is 2.41. The fourth-order valence-corrected chi connectivity index (χ4v) is 3.38. The van der Waals surface area contributed by atoms with Gasteiger partial charge in [0.25, 0.3) is 0 Å². The minimum atomic E-state index is -0.336. The first-order valence-corrected chi connectivity index (χ1v) is 7.68. The Bertz CT molecular complexity index is 348. The summed E-state index contributed by atoms with van der Waals surface area (Å²) in [5, 5.41) is 2.91. The largest absolute Gasteiger partial charge is 0.342 e. The standard InChI is InChI=1S/C15H26N2O2/c1-4-12-14(18)16-13(10(2)3)15(19)17(12)11-8-6-5-7-9-11/h10-13H,4-9H2,1-3H3,(H,16,18). The Morgan fingerprint density at radius 3 is 2.37 bits per heavy atom. The maximum atomic E-state index is 12.7. The van der Waals surface area contributed by atoms with Crippen LogP contribution in [-0.2, 0) is 9.59 Å². The molecule has 0 aromatic heterocycles. The van der Waals surface area contributed by atoms with E-state index in [1.54, 1.807) is 0 Å². The molecule has 0 bridgehead atoms. The van der Waals surface area contributed by atoms with Gasteiger partial charge in [-0.05, 0) is 25.2 Å². The second-order valence-electron chi connectivity index (χ2n) is 6.19. The van der Waals surface area contributed by atoms with Crippen LogP contribution in [0.5, 0.6) is 0 Å². The van der Waals surface area contributed by atoms with Crippen LogP contribution in [-0.4, -0.2) is 34.8 Å². The summed E-state index contributed by atoms with van der Waals surface area (Å²) >= 11 is 0. The molecule has 1 aliphatic heterocycles. The van der Waals surface area contributed by atoms with Gasteiger partial charge in [0.1, 0.15) is 12.1 Å². The minimum Gasteiger partial charge on any atom is -0.342 e. The van der Waals surface area contributed by atoms with Crippen molar-refractivity contribution in [2.24, 2.45) is 5.92 Å². The predicted octanol–water partition coefficient (Wildman–Crippen LogP) is 2.08. The van der Waals surface area contributed by atoms with Crippen molar-refractivity contribution in [1.82, 2.24) is 10.2 Å². The van der Waals surface area contributed by atoms with Gasteiger partial charge in [-0.25, -0.2) is 0 Å². The molecule has 108 valence electrons. The average molecular weight is 266 g/mol. The zero-order chi connectivity index (χ0) is 14.0. The van der Waals surface area contributed by atoms with Gasteiger partial charge in [0.2, 0.25) is 11.8 Å². The highest BCUT2D eigenvalue weighted by molar-refractivity contribution is 5.97. The summed E-state index contributed by atoms with van der Waals surface area (Å²) < 4.78 is 0. The molecule has 0 spiro atoms. The van der Waals surface area contributed by atoms with Crippen LogP contribution < -0.4 is 5.32 Å². The first-order valence-electron chi connectivity index (χ1n) is 7.68. The normalized spacial score (nSPS) is 29.8. The van der Waals surface area contributed by atoms with E-state index in [1.807, 2.05) is 25.7 Å². The fraction of sp³-hybridized carbons (Fsp3) is 0.867. The number of carbonyl (C=O) groups is 2. The molecule has 1 heterocycles. The number of nitrogens with one attached hydrogen (secondary N) is 1. The van der Waals surface area contributed by atoms with Crippen LogP contribution in [0.4, 0.5) is 0 Å². The zero-order valence-electron chi connectivity index (χ0n) is 12.3. The third-order valence-corrected chi connectivity index (χ3v) is 4.48. The molecule has 2 aliphatic rings. The SMILES string of the molecule is CCC1C(=O)NC(C(C)C)C(=O)N1C1CCCCC1. The lowest BCUT2D eigenvalue weighted by Crippen LogP contribution is -2.66. The smallest absolute Gasteiger partial charge is 0.246 e. The summed E-state index contributed by atoms with van der Waals surface area (Å²) in [5.74, 6) is 0.320. The van der Waals surface area contributed by atoms with Crippen LogP contribution in [0, 0.1) is 5.92 Å². The summed E-state index contributed by atoms with van der Waals surface area (Å²) in [7, 11) is 0. The Kier molecular flexibility index (Phi) is 4.48. The number of hydrogen-bond acceptors (Lipinski definition) is 2. The minimum absolute atomic E-state index is 0.0337. The highest BCUT2D eigenvalue weighted by Gasteiger charge is 2.43. The third-order valence-electron chi connectivity index (χ3n) is 4.48. The molecule has 4 heteroatoms. The molecule has 2 rings (SSSR count). The summed E-state index contributed by atoms with van der Waals surface area (Å²) in [6.07, 6.45) is 6.44. The number of hydrogen-bond donors (Lipinski definition) is 1. The fourth-order valence-electron chi connectivity index (χ4n) is 3.38. The molecule has 1 N–H and O–H groups in total. The highest BCUT2D eigenvalue weighted by Crippen LogP contribution is 2.28. The molecule has 1 saturated heterocycles. The van der Waals surface area contributed by atoms with Crippen molar-refractivity contribution < 1.29 is 9.59 Å². The van der Waals surface area contributed by atoms with Crippen LogP contribution >= 0.6 is 0 Å². The lowest BCUT2D eigenvalue weighted by atomic mass is 9.89. The zero-order valence-corrected chi connectivity index (χ0v) is 12.3. The lowest BCUT2D eigenvalue weighted by Gasteiger charge is -2.45. The third kappa shape index (κ3) is 2.77. The molecular weight excluding hydrogens is 240 g/mol. The molecule has 19 heavy (non-hydrogen) atoms. The van der Waals surface area contributed by atoms with Gasteiger partial charge in [0.05, 0.1) is 0 Å². The van der Waals surface area contributed by atoms with E-state index in [0.29, 0.717) is 6.42 Å². The van der Waals surface area contributed by atoms with Gasteiger partial charge < -0.3 is 10.2 Å². The van der Waals surface area contributed by atoms with E-state index in [0.717, 1.165) is 12.8 Å². The Balaban J connectivity index is 2.22. The Morgan fingerprint density at radius 2 is 1.84 bits per heavy atom. The number of amides is 2. The van der Waals surface area contributed by atoms with Gasteiger partial charge in [-0.15, -0.1) is 0 Å². The predicted molar refractivity (Wildman–Crippen MR) is 74.6 cm³/mol. The molecule has 4 nitrogen and oxygen atoms in total. The van der Waals surface area contributed by atoms with E-state index in [9.17, 15) is 9.59 Å². The molecule has 0 radical (unpaired) electrons. The van der Waals surface area contributed by atoms with Crippen molar-refractivity contribution in [2.45, 2.75) is 77.4 Å². The van der Waals surface area contributed by atoms with E-state index in [2.05, 4.69) is 5.32 Å². The van der Waals surface area contributed by atoms with Gasteiger partial charge in [-0.2, -0.15) is 0 Å². The summed E-state index contributed by atoms with van der Waals surface area (Å²) in [4.78, 5) is 26.8. The van der Waals surface area contributed by atoms with Gasteiger partial charge in [0, 0.05) is 6.04 Å². The van der Waals surface area contributed by atoms with E-state index in [4.69, 9.17) is 0 Å². The first-order chi connectivity index (χ1) is 9.06. The van der Waals surface area contributed by atoms with Crippen LogP contribution in [0.25, 0.3) is 0 Å². The molecule has 2 atom stereocenters. The van der Waals surface area contributed by atoms with Crippen LogP contribution in [0.1, 0.15) is 59.3 Å². The first kappa shape index (κ1) is 14.4. The van der Waals surface area contributed by atoms with Crippen LogP contribution in [0.2, 0.25) is 0 Å². The Morgan fingerprint density at radius 1 is 1.21 bits per heavy atom. The monoisotopic (exact) mass is 266 g/mol. The number of nitrogens with zero attached hydrogens (tertiary/aromatic N) is 1. The molecule has 2 amide bonds. The van der Waals surface area contributed by atoms with Gasteiger partial charge in [-0.1, -0.05) is 40.0 Å². The second-order valence-corrected chi connectivity index (χ2v) is 6.19. The molecule has 1 aliphatic carbocycles. The maximum Gasteiger partial charge on any atom is 0.246 e. The van der Waals surface area contributed by atoms with Crippen molar-refractivity contribution in [3.05, 3.63) is 0 Å². The van der Waals surface area contributed by atoms with Crippen molar-refractivity contribution >= 4 is 11.8 Å². The van der Waals surface area contributed by atoms with Gasteiger partial charge >= 0.3 is 0 Å². The van der Waals surface area contributed by atoms with Crippen molar-refractivity contribution in [3.8, 4) is 0 Å². The Hall–Kier alpha value is -1.06. The van der Waals surface area contributed by atoms with Crippen molar-refractivity contribution in [3.63, 3.8) is 0 Å². The molecule has 2 unspecified atom stereocenters. The van der Waals surface area contributed by atoms with Crippen molar-refractivity contribution in [2.75, 3.05) is 0 Å². The topological polar surface area (TPSA) is 49.4 Å². The highest BCUT2D eigenvalue weighted by atomic mass is 16.2. The summed E-state index contributed by atoms with van der Waals surface area (Å²) in [6.45, 7) is 5.98. The number of rotatable bonds is 3. The molecule has 0 aromatic carbocycles. The number of carbonyl (C=O) groups excluding carboxylic acids is 2. The van der Waals surface area contributed by atoms with Crippen molar-refractivity contribution in [1.29, 1.82) is 0 Å². The van der Waals surface area contributed by atoms with E-state index >= 15 is 0 Å². The van der Waals surface area contributed by atoms with E-state index in [-0.39, 0.29) is 35.9 Å². The van der Waals surface area contributed by atoms with Crippen LogP contribution in [0.3, 0.4) is 0 Å². The summed E-state index contributed by atoms with van der Waals surface area (Å²) in [6, 6.07) is -0.318.